The Hall–Kier alpha value is -4.45. The number of halogens is 1. The molecule has 1 aliphatic rings. The Balaban J connectivity index is 1.48. The third kappa shape index (κ3) is 3.88. The van der Waals surface area contributed by atoms with Crippen LogP contribution < -0.4 is 11.1 Å². The van der Waals surface area contributed by atoms with E-state index in [4.69, 9.17) is 20.1 Å². The average molecular weight is 574 g/mol. The van der Waals surface area contributed by atoms with Crippen LogP contribution in [0.3, 0.4) is 0 Å². The summed E-state index contributed by atoms with van der Waals surface area (Å²) in [6, 6.07) is 28.5. The first kappa shape index (κ1) is 27.4. The lowest BCUT2D eigenvalue weighted by Gasteiger charge is -2.27. The van der Waals surface area contributed by atoms with Crippen molar-refractivity contribution in [2.75, 3.05) is 12.5 Å². The van der Waals surface area contributed by atoms with Gasteiger partial charge in [0.1, 0.15) is 32.7 Å². The molecule has 4 radical (unpaired) electrons. The van der Waals surface area contributed by atoms with Gasteiger partial charge in [-0.3, -0.25) is 4.98 Å². The summed E-state index contributed by atoms with van der Waals surface area (Å²) in [5.41, 5.74) is 6.01. The lowest BCUT2D eigenvalue weighted by Crippen LogP contribution is -2.34. The highest BCUT2D eigenvalue weighted by Gasteiger charge is 2.33. The maximum atomic E-state index is 15.6. The molecule has 0 aliphatic carbocycles. The van der Waals surface area contributed by atoms with E-state index >= 15 is 4.39 Å². The summed E-state index contributed by atoms with van der Waals surface area (Å²) < 4.78 is 22.3. The molecule has 0 spiro atoms. The first-order chi connectivity index (χ1) is 20.4. The van der Waals surface area contributed by atoms with Crippen molar-refractivity contribution in [2.45, 2.75) is 36.0 Å². The number of pyridine rings is 1. The molecule has 3 nitrogen and oxygen atoms in total. The molecule has 43 heavy (non-hydrogen) atoms. The lowest BCUT2D eigenvalue weighted by molar-refractivity contribution is 0.529. The Labute approximate surface area is 254 Å². The molecule has 7 rings (SSSR count). The molecule has 0 unspecified atom stereocenters. The van der Waals surface area contributed by atoms with Crippen molar-refractivity contribution in [2.24, 2.45) is 0 Å². The van der Waals surface area contributed by atoms with E-state index in [1.807, 2.05) is 57.2 Å². The molecule has 0 N–H and O–H groups in total. The Bertz CT molecular complexity index is 2200. The number of nitriles is 1. The highest BCUT2D eigenvalue weighted by atomic mass is 32.3. The summed E-state index contributed by atoms with van der Waals surface area (Å²) >= 11 is 0. The molecule has 1 aliphatic heterocycles. The maximum Gasteiger partial charge on any atom is 0.144 e. The molecule has 4 aromatic carbocycles. The minimum absolute atomic E-state index is 0.0811. The van der Waals surface area contributed by atoms with E-state index in [9.17, 15) is 5.26 Å². The van der Waals surface area contributed by atoms with Gasteiger partial charge in [-0.25, -0.2) is 4.39 Å². The fraction of sp³-hybridized carbons (Fsp3) is 0.167. The summed E-state index contributed by atoms with van der Waals surface area (Å²) in [4.78, 5) is 6.99. The number of para-hydroxylation sites is 1. The molecular formula is C36H25B2FN2OS. The molecule has 0 saturated carbocycles. The third-order valence-corrected chi connectivity index (χ3v) is 11.2. The number of nitrogens with zero attached hydrogens (tertiary/aromatic N) is 2. The number of hydrogen-bond donors (Lipinski definition) is 0. The summed E-state index contributed by atoms with van der Waals surface area (Å²) in [7, 11) is 11.3. The van der Waals surface area contributed by atoms with E-state index in [0.717, 1.165) is 16.3 Å². The number of rotatable bonds is 2. The first-order valence-corrected chi connectivity index (χ1v) is 16.3. The van der Waals surface area contributed by atoms with E-state index in [2.05, 4.69) is 53.9 Å². The zero-order valence-corrected chi connectivity index (χ0v) is 25.3. The minimum Gasteiger partial charge on any atom is -0.455 e. The van der Waals surface area contributed by atoms with E-state index < -0.39 is 21.3 Å². The molecule has 0 fully saturated rings. The maximum absolute atomic E-state index is 15.6. The lowest BCUT2D eigenvalue weighted by atomic mass is 9.76. The number of aromatic nitrogens is 1. The van der Waals surface area contributed by atoms with E-state index in [0.29, 0.717) is 27.9 Å². The molecule has 7 heteroatoms. The number of furan rings is 1. The van der Waals surface area contributed by atoms with Crippen LogP contribution in [0.4, 0.5) is 4.39 Å². The van der Waals surface area contributed by atoms with E-state index in [1.165, 1.54) is 20.9 Å². The van der Waals surface area contributed by atoms with Crippen molar-refractivity contribution >= 4 is 58.7 Å². The van der Waals surface area contributed by atoms with E-state index in [1.54, 1.807) is 6.07 Å². The van der Waals surface area contributed by atoms with Gasteiger partial charge < -0.3 is 4.42 Å². The second-order valence-electron chi connectivity index (χ2n) is 12.3. The second kappa shape index (κ2) is 9.27. The molecule has 0 bridgehead atoms. The van der Waals surface area contributed by atoms with Gasteiger partial charge in [-0.05, 0) is 76.5 Å². The van der Waals surface area contributed by atoms with Crippen molar-refractivity contribution in [3.05, 3.63) is 89.7 Å². The van der Waals surface area contributed by atoms with Crippen molar-refractivity contribution in [1.82, 2.24) is 4.98 Å². The standard InChI is InChI=1S/C36H25B2FN2OS/c1-36(2,3)29-31(39)30(37)32(41-35(29)38)25-11-8-10-23-24-16-14-20(18-40)28(34(24)42-33(23)25)19-13-15-22-21-9-6-7-12-26(21)43(4,5)27(22)17-19/h6,8-11,13-17H,1-5H3. The van der Waals surface area contributed by atoms with Gasteiger partial charge >= 0.3 is 0 Å². The molecule has 6 aromatic rings. The monoisotopic (exact) mass is 574 g/mol. The second-order valence-corrected chi connectivity index (χ2v) is 15.8. The highest BCUT2D eigenvalue weighted by molar-refractivity contribution is 8.33. The molecule has 0 saturated heterocycles. The molecular weight excluding hydrogens is 549 g/mol. The zero-order chi connectivity index (χ0) is 30.4. The van der Waals surface area contributed by atoms with Crippen LogP contribution in [-0.4, -0.2) is 33.2 Å². The number of benzene rings is 3. The highest BCUT2D eigenvalue weighted by Crippen LogP contribution is 2.67. The molecule has 0 atom stereocenters. The molecule has 3 heterocycles. The largest absolute Gasteiger partial charge is 0.455 e. The van der Waals surface area contributed by atoms with Crippen LogP contribution in [0.25, 0.3) is 55.4 Å². The smallest absolute Gasteiger partial charge is 0.144 e. The van der Waals surface area contributed by atoms with Crippen LogP contribution in [0, 0.1) is 29.3 Å². The third-order valence-electron chi connectivity index (χ3n) is 8.38. The van der Waals surface area contributed by atoms with Crippen LogP contribution in [0.1, 0.15) is 31.9 Å². The van der Waals surface area contributed by atoms with Crippen LogP contribution in [0.2, 0.25) is 0 Å². The van der Waals surface area contributed by atoms with Gasteiger partial charge in [-0.2, -0.15) is 15.3 Å². The van der Waals surface area contributed by atoms with Crippen LogP contribution in [-0.2, 0) is 5.41 Å². The van der Waals surface area contributed by atoms with Crippen LogP contribution >= 0.6 is 10.0 Å². The van der Waals surface area contributed by atoms with Gasteiger partial charge in [-0.1, -0.05) is 57.2 Å². The normalized spacial score (nSPS) is 14.3. The predicted octanol–water partition coefficient (Wildman–Crippen LogP) is 7.27. The van der Waals surface area contributed by atoms with Gasteiger partial charge in [0, 0.05) is 37.9 Å². The van der Waals surface area contributed by atoms with Crippen molar-refractivity contribution in [1.29, 1.82) is 5.26 Å². The van der Waals surface area contributed by atoms with Gasteiger partial charge in [0.2, 0.25) is 0 Å². The minimum atomic E-state index is -1.33. The molecule has 2 aromatic heterocycles. The first-order valence-electron chi connectivity index (χ1n) is 13.9. The number of fused-ring (bicyclic) bond motifs is 6. The fourth-order valence-corrected chi connectivity index (χ4v) is 8.77. The van der Waals surface area contributed by atoms with Crippen molar-refractivity contribution < 1.29 is 8.81 Å². The fourth-order valence-electron chi connectivity index (χ4n) is 6.36. The van der Waals surface area contributed by atoms with Gasteiger partial charge in [0.05, 0.1) is 22.2 Å². The van der Waals surface area contributed by atoms with Gasteiger partial charge in [0.25, 0.3) is 0 Å². The van der Waals surface area contributed by atoms with Crippen molar-refractivity contribution in [3.8, 4) is 39.6 Å². The molecule has 204 valence electrons. The zero-order valence-electron chi connectivity index (χ0n) is 24.5. The number of hydrogen-bond acceptors (Lipinski definition) is 3. The van der Waals surface area contributed by atoms with Crippen molar-refractivity contribution in [3.63, 3.8) is 0 Å². The topological polar surface area (TPSA) is 49.8 Å². The summed E-state index contributed by atoms with van der Waals surface area (Å²) in [6.07, 6.45) is 4.52. The van der Waals surface area contributed by atoms with Crippen LogP contribution in [0.15, 0.2) is 74.9 Å². The summed E-state index contributed by atoms with van der Waals surface area (Å²) in [5, 5.41) is 11.8. The quantitative estimate of drug-likeness (QED) is 0.205. The Kier molecular flexibility index (Phi) is 5.91. The SMILES string of the molecule is [B]c1nc(-c2cccc3c2oc2c(-c4ccc5c(c4)S(C)(C)c4c#cccc4-5)c(C#N)ccc23)c([B])c(F)c1C(C)(C)C. The van der Waals surface area contributed by atoms with Gasteiger partial charge in [-0.15, -0.1) is 0 Å². The summed E-state index contributed by atoms with van der Waals surface area (Å²) in [5.74, 6) is -0.574. The molecule has 0 amide bonds. The summed E-state index contributed by atoms with van der Waals surface area (Å²) in [6.45, 7) is 5.61. The van der Waals surface area contributed by atoms with Gasteiger partial charge in [0.15, 0.2) is 0 Å². The Morgan fingerprint density at radius 2 is 1.72 bits per heavy atom. The van der Waals surface area contributed by atoms with E-state index in [-0.39, 0.29) is 22.3 Å². The van der Waals surface area contributed by atoms with Crippen LogP contribution in [0.5, 0.6) is 0 Å². The average Bonchev–Trinajstić information content (AvgIpc) is 3.46. The predicted molar refractivity (Wildman–Crippen MR) is 176 cm³/mol. The Morgan fingerprint density at radius 3 is 2.47 bits per heavy atom. The Morgan fingerprint density at radius 1 is 0.953 bits per heavy atom.